The Kier molecular flexibility index (Phi) is 6.22. The number of carbonyl (C=O) groups is 1. The summed E-state index contributed by atoms with van der Waals surface area (Å²) in [6, 6.07) is 18.2. The van der Waals surface area contributed by atoms with Gasteiger partial charge in [-0.2, -0.15) is 0 Å². The topological polar surface area (TPSA) is 120 Å². The zero-order valence-electron chi connectivity index (χ0n) is 20.9. The molecule has 192 valence electrons. The van der Waals surface area contributed by atoms with Crippen molar-refractivity contribution in [3.8, 4) is 5.69 Å². The van der Waals surface area contributed by atoms with Gasteiger partial charge in [0.15, 0.2) is 11.5 Å². The summed E-state index contributed by atoms with van der Waals surface area (Å²) in [5.41, 5.74) is 11.1. The molecule has 1 atom stereocenters. The third-order valence-corrected chi connectivity index (χ3v) is 7.05. The van der Waals surface area contributed by atoms with E-state index in [1.165, 1.54) is 15.9 Å². The van der Waals surface area contributed by atoms with E-state index in [0.29, 0.717) is 22.4 Å². The molecule has 39 heavy (non-hydrogen) atoms. The number of aromatic nitrogens is 5. The molecule has 0 fully saturated rings. The number of benzene rings is 2. The number of nitrogens with one attached hydrogen (secondary N) is 1. The standard InChI is InChI=1S/C29H23N7O2S/c1-18(33-28(37)25-26(30)34-35-14-6-13-31-27(25)35)23-15-20-8-5-7-19(11-12-21-16-39-17-32-21)24(20)29(38)36(23)22-9-3-2-4-10-22/h2-18H,1H3,(H2,30,34)(H,33,37)/b12-11+. The van der Waals surface area contributed by atoms with Gasteiger partial charge in [0.05, 0.1) is 22.6 Å². The molecule has 6 rings (SSSR count). The van der Waals surface area contributed by atoms with Gasteiger partial charge in [0, 0.05) is 29.2 Å². The lowest BCUT2D eigenvalue weighted by molar-refractivity contribution is 0.0941. The Balaban J connectivity index is 1.47. The lowest BCUT2D eigenvalue weighted by Crippen LogP contribution is -2.32. The van der Waals surface area contributed by atoms with Crippen LogP contribution in [0.5, 0.6) is 0 Å². The van der Waals surface area contributed by atoms with Gasteiger partial charge < -0.3 is 11.1 Å². The second-order valence-corrected chi connectivity index (χ2v) is 9.67. The van der Waals surface area contributed by atoms with Crippen LogP contribution in [0, 0.1) is 0 Å². The summed E-state index contributed by atoms with van der Waals surface area (Å²) >= 11 is 1.51. The SMILES string of the molecule is CC(NC(=O)c1c(N)nn2cccnc12)c1cc2cccc(/C=C/c3cscn3)c2c(=O)n1-c1ccccc1. The number of rotatable bonds is 6. The minimum atomic E-state index is -0.554. The average Bonchev–Trinajstić information content (AvgIpc) is 3.59. The van der Waals surface area contributed by atoms with E-state index in [4.69, 9.17) is 5.73 Å². The van der Waals surface area contributed by atoms with E-state index in [1.54, 1.807) is 28.5 Å². The van der Waals surface area contributed by atoms with Gasteiger partial charge in [-0.1, -0.05) is 42.5 Å². The van der Waals surface area contributed by atoms with Gasteiger partial charge in [0.1, 0.15) is 5.56 Å². The molecule has 6 aromatic rings. The Labute approximate surface area is 226 Å². The molecular formula is C29H23N7O2S. The van der Waals surface area contributed by atoms with Crippen molar-refractivity contribution in [1.82, 2.24) is 29.5 Å². The van der Waals surface area contributed by atoms with Crippen LogP contribution in [0.1, 0.15) is 40.3 Å². The smallest absolute Gasteiger partial charge is 0.263 e. The summed E-state index contributed by atoms with van der Waals surface area (Å²) in [6.07, 6.45) is 7.05. The predicted octanol–water partition coefficient (Wildman–Crippen LogP) is 4.73. The Morgan fingerprint density at radius 1 is 1.08 bits per heavy atom. The molecule has 0 bridgehead atoms. The molecule has 0 saturated carbocycles. The highest BCUT2D eigenvalue weighted by Gasteiger charge is 2.23. The Morgan fingerprint density at radius 3 is 2.72 bits per heavy atom. The number of thiazole rings is 1. The number of fused-ring (bicyclic) bond motifs is 2. The monoisotopic (exact) mass is 533 g/mol. The Hall–Kier alpha value is -5.09. The fourth-order valence-corrected chi connectivity index (χ4v) is 5.18. The first-order valence-electron chi connectivity index (χ1n) is 12.2. The van der Waals surface area contributed by atoms with E-state index in [-0.39, 0.29) is 16.9 Å². The van der Waals surface area contributed by atoms with Gasteiger partial charge in [-0.05, 0) is 48.2 Å². The number of para-hydroxylation sites is 1. The van der Waals surface area contributed by atoms with E-state index >= 15 is 0 Å². The summed E-state index contributed by atoms with van der Waals surface area (Å²) in [4.78, 5) is 36.1. The maximum atomic E-state index is 14.1. The van der Waals surface area contributed by atoms with Crippen molar-refractivity contribution in [1.29, 1.82) is 0 Å². The van der Waals surface area contributed by atoms with Gasteiger partial charge >= 0.3 is 0 Å². The van der Waals surface area contributed by atoms with Crippen LogP contribution in [0.3, 0.4) is 0 Å². The Morgan fingerprint density at radius 2 is 1.92 bits per heavy atom. The molecule has 9 nitrogen and oxygen atoms in total. The third-order valence-electron chi connectivity index (χ3n) is 6.45. The second-order valence-electron chi connectivity index (χ2n) is 8.95. The second kappa shape index (κ2) is 9.99. The molecule has 0 aliphatic rings. The first-order valence-corrected chi connectivity index (χ1v) is 13.2. The number of nitrogen functional groups attached to an aromatic ring is 1. The average molecular weight is 534 g/mol. The summed E-state index contributed by atoms with van der Waals surface area (Å²) < 4.78 is 3.11. The van der Waals surface area contributed by atoms with E-state index in [0.717, 1.165) is 16.6 Å². The molecule has 0 radical (unpaired) electrons. The molecule has 0 saturated heterocycles. The van der Waals surface area contributed by atoms with E-state index in [2.05, 4.69) is 20.4 Å². The molecule has 10 heteroatoms. The minimum Gasteiger partial charge on any atom is -0.381 e. The number of anilines is 1. The summed E-state index contributed by atoms with van der Waals surface area (Å²) in [5, 5.41) is 10.5. The van der Waals surface area contributed by atoms with Crippen molar-refractivity contribution in [3.05, 3.63) is 117 Å². The molecule has 3 N–H and O–H groups in total. The zero-order valence-corrected chi connectivity index (χ0v) is 21.7. The first-order chi connectivity index (χ1) is 19.0. The van der Waals surface area contributed by atoms with E-state index < -0.39 is 11.9 Å². The molecule has 1 amide bonds. The molecule has 0 aliphatic heterocycles. The number of amides is 1. The van der Waals surface area contributed by atoms with Crippen molar-refractivity contribution in [2.45, 2.75) is 13.0 Å². The molecule has 0 spiro atoms. The number of pyridine rings is 1. The molecular weight excluding hydrogens is 510 g/mol. The molecule has 2 aromatic carbocycles. The van der Waals surface area contributed by atoms with Gasteiger partial charge in [0.2, 0.25) is 0 Å². The highest BCUT2D eigenvalue weighted by Crippen LogP contribution is 2.25. The molecule has 1 unspecified atom stereocenters. The third kappa shape index (κ3) is 4.47. The number of nitrogens with two attached hydrogens (primary N) is 1. The quantitative estimate of drug-likeness (QED) is 0.319. The predicted molar refractivity (Wildman–Crippen MR) is 154 cm³/mol. The van der Waals surface area contributed by atoms with Crippen molar-refractivity contribution in [2.75, 3.05) is 5.73 Å². The normalized spacial score (nSPS) is 12.3. The summed E-state index contributed by atoms with van der Waals surface area (Å²) in [7, 11) is 0. The van der Waals surface area contributed by atoms with Crippen LogP contribution in [0.15, 0.2) is 88.7 Å². The van der Waals surface area contributed by atoms with Crippen LogP contribution in [-0.2, 0) is 0 Å². The number of carbonyl (C=O) groups excluding carboxylic acids is 1. The fourth-order valence-electron chi connectivity index (χ4n) is 4.65. The summed E-state index contributed by atoms with van der Waals surface area (Å²) in [6.45, 7) is 1.83. The van der Waals surface area contributed by atoms with Crippen molar-refractivity contribution >= 4 is 51.6 Å². The fraction of sp³-hybridized carbons (Fsp3) is 0.0690. The van der Waals surface area contributed by atoms with E-state index in [1.807, 2.05) is 79.1 Å². The molecule has 0 aliphatic carbocycles. The maximum absolute atomic E-state index is 14.1. The van der Waals surface area contributed by atoms with Crippen LogP contribution >= 0.6 is 11.3 Å². The van der Waals surface area contributed by atoms with Crippen LogP contribution in [0.4, 0.5) is 5.82 Å². The first kappa shape index (κ1) is 24.3. The molecule has 4 aromatic heterocycles. The van der Waals surface area contributed by atoms with Crippen molar-refractivity contribution < 1.29 is 4.79 Å². The lowest BCUT2D eigenvalue weighted by Gasteiger charge is -2.21. The van der Waals surface area contributed by atoms with Gasteiger partial charge in [-0.15, -0.1) is 16.4 Å². The number of nitrogens with zero attached hydrogens (tertiary/aromatic N) is 5. The highest BCUT2D eigenvalue weighted by atomic mass is 32.1. The lowest BCUT2D eigenvalue weighted by atomic mass is 10.0. The Bertz CT molecular complexity index is 1910. The van der Waals surface area contributed by atoms with E-state index in [9.17, 15) is 9.59 Å². The van der Waals surface area contributed by atoms with Gasteiger partial charge in [-0.3, -0.25) is 14.2 Å². The van der Waals surface area contributed by atoms with Gasteiger partial charge in [0.25, 0.3) is 11.5 Å². The van der Waals surface area contributed by atoms with Crippen LogP contribution in [0.2, 0.25) is 0 Å². The van der Waals surface area contributed by atoms with Crippen molar-refractivity contribution in [3.63, 3.8) is 0 Å². The zero-order chi connectivity index (χ0) is 26.9. The number of hydrogen-bond acceptors (Lipinski definition) is 7. The highest BCUT2D eigenvalue weighted by molar-refractivity contribution is 7.07. The van der Waals surface area contributed by atoms with Crippen molar-refractivity contribution in [2.24, 2.45) is 0 Å². The summed E-state index contributed by atoms with van der Waals surface area (Å²) in [5.74, 6) is -0.352. The minimum absolute atomic E-state index is 0.0777. The molecule has 4 heterocycles. The van der Waals surface area contributed by atoms with Crippen LogP contribution < -0.4 is 16.6 Å². The number of hydrogen-bond donors (Lipinski definition) is 2. The largest absolute Gasteiger partial charge is 0.381 e. The van der Waals surface area contributed by atoms with Gasteiger partial charge in [-0.25, -0.2) is 14.5 Å². The van der Waals surface area contributed by atoms with Crippen LogP contribution in [-0.4, -0.2) is 30.1 Å². The van der Waals surface area contributed by atoms with Crippen LogP contribution in [0.25, 0.3) is 34.3 Å². The maximum Gasteiger partial charge on any atom is 0.263 e.